The second-order valence-corrected chi connectivity index (χ2v) is 5.34. The second-order valence-electron chi connectivity index (χ2n) is 5.34. The highest BCUT2D eigenvalue weighted by Crippen LogP contribution is 2.20. The SMILES string of the molecule is CC[C@@H](CCO)CNCc1cn(C)nc1-c1cccnc1. The Labute approximate surface area is 126 Å². The maximum absolute atomic E-state index is 9.03. The molecular weight excluding hydrogens is 264 g/mol. The van der Waals surface area contributed by atoms with E-state index in [-0.39, 0.29) is 6.61 Å². The summed E-state index contributed by atoms with van der Waals surface area (Å²) in [6.45, 7) is 4.11. The molecule has 0 fully saturated rings. The van der Waals surface area contributed by atoms with Gasteiger partial charge in [-0.1, -0.05) is 13.3 Å². The number of aromatic nitrogens is 3. The van der Waals surface area contributed by atoms with E-state index in [0.717, 1.165) is 37.2 Å². The molecule has 21 heavy (non-hydrogen) atoms. The van der Waals surface area contributed by atoms with Crippen molar-refractivity contribution in [2.45, 2.75) is 26.3 Å². The van der Waals surface area contributed by atoms with Crippen LogP contribution in [0.4, 0.5) is 0 Å². The summed E-state index contributed by atoms with van der Waals surface area (Å²) in [5.41, 5.74) is 3.19. The molecule has 0 amide bonds. The Morgan fingerprint density at radius 1 is 1.43 bits per heavy atom. The lowest BCUT2D eigenvalue weighted by molar-refractivity contribution is 0.251. The maximum Gasteiger partial charge on any atom is 0.0983 e. The van der Waals surface area contributed by atoms with Gasteiger partial charge in [-0.3, -0.25) is 9.67 Å². The summed E-state index contributed by atoms with van der Waals surface area (Å²) in [6.07, 6.45) is 7.59. The molecule has 2 aromatic heterocycles. The van der Waals surface area contributed by atoms with Gasteiger partial charge in [0, 0.05) is 49.9 Å². The van der Waals surface area contributed by atoms with E-state index < -0.39 is 0 Å². The molecule has 1 atom stereocenters. The number of aliphatic hydroxyl groups is 1. The third kappa shape index (κ3) is 4.37. The first-order chi connectivity index (χ1) is 10.2. The van der Waals surface area contributed by atoms with Crippen molar-refractivity contribution in [3.8, 4) is 11.3 Å². The molecule has 5 heteroatoms. The smallest absolute Gasteiger partial charge is 0.0983 e. The zero-order chi connectivity index (χ0) is 15.1. The van der Waals surface area contributed by atoms with E-state index in [0.29, 0.717) is 5.92 Å². The summed E-state index contributed by atoms with van der Waals surface area (Å²) >= 11 is 0. The number of hydrogen-bond donors (Lipinski definition) is 2. The van der Waals surface area contributed by atoms with Crippen molar-refractivity contribution in [1.82, 2.24) is 20.1 Å². The Balaban J connectivity index is 2.01. The van der Waals surface area contributed by atoms with Gasteiger partial charge in [-0.05, 0) is 31.0 Å². The minimum atomic E-state index is 0.258. The molecule has 0 unspecified atom stereocenters. The Bertz CT molecular complexity index is 538. The van der Waals surface area contributed by atoms with Crippen LogP contribution in [0.3, 0.4) is 0 Å². The van der Waals surface area contributed by atoms with Gasteiger partial charge >= 0.3 is 0 Å². The first-order valence-electron chi connectivity index (χ1n) is 7.49. The van der Waals surface area contributed by atoms with Crippen LogP contribution in [0.15, 0.2) is 30.7 Å². The maximum atomic E-state index is 9.03. The fourth-order valence-electron chi connectivity index (χ4n) is 2.46. The third-order valence-electron chi connectivity index (χ3n) is 3.70. The van der Waals surface area contributed by atoms with Crippen LogP contribution in [-0.2, 0) is 13.6 Å². The fraction of sp³-hybridized carbons (Fsp3) is 0.500. The quantitative estimate of drug-likeness (QED) is 0.779. The van der Waals surface area contributed by atoms with E-state index in [9.17, 15) is 0 Å². The van der Waals surface area contributed by atoms with Gasteiger partial charge in [-0.25, -0.2) is 0 Å². The summed E-state index contributed by atoms with van der Waals surface area (Å²) in [6, 6.07) is 3.95. The first-order valence-corrected chi connectivity index (χ1v) is 7.49. The Hall–Kier alpha value is -1.72. The van der Waals surface area contributed by atoms with Crippen molar-refractivity contribution in [3.63, 3.8) is 0 Å². The normalized spacial score (nSPS) is 12.5. The van der Waals surface area contributed by atoms with Crippen molar-refractivity contribution in [2.24, 2.45) is 13.0 Å². The largest absolute Gasteiger partial charge is 0.396 e. The van der Waals surface area contributed by atoms with Crippen LogP contribution in [0.2, 0.25) is 0 Å². The van der Waals surface area contributed by atoms with Crippen LogP contribution in [0, 0.1) is 5.92 Å². The number of aliphatic hydroxyl groups excluding tert-OH is 1. The number of aryl methyl sites for hydroxylation is 1. The first kappa shape index (κ1) is 15.7. The molecule has 0 bridgehead atoms. The summed E-state index contributed by atoms with van der Waals surface area (Å²) in [5.74, 6) is 0.522. The van der Waals surface area contributed by atoms with Crippen LogP contribution in [0.25, 0.3) is 11.3 Å². The minimum Gasteiger partial charge on any atom is -0.396 e. The van der Waals surface area contributed by atoms with Crippen molar-refractivity contribution in [1.29, 1.82) is 0 Å². The molecule has 114 valence electrons. The van der Waals surface area contributed by atoms with Gasteiger partial charge in [0.2, 0.25) is 0 Å². The number of hydrogen-bond acceptors (Lipinski definition) is 4. The fourth-order valence-corrected chi connectivity index (χ4v) is 2.46. The van der Waals surface area contributed by atoms with Crippen LogP contribution in [0.5, 0.6) is 0 Å². The monoisotopic (exact) mass is 288 g/mol. The molecule has 0 aliphatic carbocycles. The Morgan fingerprint density at radius 3 is 2.95 bits per heavy atom. The zero-order valence-corrected chi connectivity index (χ0v) is 12.8. The van der Waals surface area contributed by atoms with Gasteiger partial charge in [-0.15, -0.1) is 0 Å². The van der Waals surface area contributed by atoms with Crippen LogP contribution >= 0.6 is 0 Å². The summed E-state index contributed by atoms with van der Waals surface area (Å²) in [5, 5.41) is 17.0. The lowest BCUT2D eigenvalue weighted by Gasteiger charge is -2.14. The van der Waals surface area contributed by atoms with Crippen molar-refractivity contribution < 1.29 is 5.11 Å². The lowest BCUT2D eigenvalue weighted by atomic mass is 10.0. The molecule has 0 aliphatic rings. The van der Waals surface area contributed by atoms with Gasteiger partial charge in [0.15, 0.2) is 0 Å². The molecule has 0 saturated heterocycles. The highest BCUT2D eigenvalue weighted by molar-refractivity contribution is 5.61. The molecule has 2 aromatic rings. The molecule has 0 spiro atoms. The van der Waals surface area contributed by atoms with Crippen LogP contribution < -0.4 is 5.32 Å². The van der Waals surface area contributed by atoms with Crippen LogP contribution in [0.1, 0.15) is 25.3 Å². The average Bonchev–Trinajstić information content (AvgIpc) is 2.88. The van der Waals surface area contributed by atoms with Gasteiger partial charge in [0.1, 0.15) is 0 Å². The number of rotatable bonds is 8. The molecule has 5 nitrogen and oxygen atoms in total. The lowest BCUT2D eigenvalue weighted by Crippen LogP contribution is -2.23. The number of nitrogens with one attached hydrogen (secondary N) is 1. The van der Waals surface area contributed by atoms with E-state index in [1.54, 1.807) is 6.20 Å². The topological polar surface area (TPSA) is 63.0 Å². The Kier molecular flexibility index (Phi) is 5.90. The predicted octanol–water partition coefficient (Wildman–Crippen LogP) is 1.98. The van der Waals surface area contributed by atoms with E-state index in [1.807, 2.05) is 36.3 Å². The summed E-state index contributed by atoms with van der Waals surface area (Å²) in [4.78, 5) is 4.16. The minimum absolute atomic E-state index is 0.258. The van der Waals surface area contributed by atoms with Crippen molar-refractivity contribution in [2.75, 3.05) is 13.2 Å². The van der Waals surface area contributed by atoms with Gasteiger partial charge < -0.3 is 10.4 Å². The molecule has 2 N–H and O–H groups in total. The highest BCUT2D eigenvalue weighted by atomic mass is 16.3. The predicted molar refractivity (Wildman–Crippen MR) is 83.6 cm³/mol. The summed E-state index contributed by atoms with van der Waals surface area (Å²) in [7, 11) is 1.93. The standard InChI is InChI=1S/C16H24N4O/c1-3-13(6-8-21)9-18-11-15-12-20(2)19-16(15)14-5-4-7-17-10-14/h4-5,7,10,12-13,18,21H,3,6,8-9,11H2,1-2H3/t13-/m0/s1. The van der Waals surface area contributed by atoms with E-state index in [2.05, 4.69) is 22.3 Å². The van der Waals surface area contributed by atoms with Crippen molar-refractivity contribution >= 4 is 0 Å². The van der Waals surface area contributed by atoms with Gasteiger partial charge in [0.05, 0.1) is 5.69 Å². The van der Waals surface area contributed by atoms with Crippen molar-refractivity contribution in [3.05, 3.63) is 36.3 Å². The molecule has 2 heterocycles. The van der Waals surface area contributed by atoms with Gasteiger partial charge in [0.25, 0.3) is 0 Å². The molecular formula is C16H24N4O. The molecule has 0 aromatic carbocycles. The van der Waals surface area contributed by atoms with E-state index in [1.165, 1.54) is 5.56 Å². The Morgan fingerprint density at radius 2 is 2.29 bits per heavy atom. The summed E-state index contributed by atoms with van der Waals surface area (Å²) < 4.78 is 1.84. The average molecular weight is 288 g/mol. The molecule has 0 aliphatic heterocycles. The van der Waals surface area contributed by atoms with E-state index >= 15 is 0 Å². The molecule has 0 radical (unpaired) electrons. The zero-order valence-electron chi connectivity index (χ0n) is 12.8. The van der Waals surface area contributed by atoms with Crippen LogP contribution in [-0.4, -0.2) is 33.0 Å². The second kappa shape index (κ2) is 7.90. The number of nitrogens with zero attached hydrogens (tertiary/aromatic N) is 3. The molecule has 0 saturated carbocycles. The molecule has 2 rings (SSSR count). The highest BCUT2D eigenvalue weighted by Gasteiger charge is 2.11. The van der Waals surface area contributed by atoms with Gasteiger partial charge in [-0.2, -0.15) is 5.10 Å². The third-order valence-corrected chi connectivity index (χ3v) is 3.70. The number of pyridine rings is 1. The van der Waals surface area contributed by atoms with E-state index in [4.69, 9.17) is 5.11 Å².